The third-order valence-corrected chi connectivity index (χ3v) is 4.73. The highest BCUT2D eigenvalue weighted by Crippen LogP contribution is 2.38. The largest absolute Gasteiger partial charge is 0.339 e. The summed E-state index contributed by atoms with van der Waals surface area (Å²) in [5.74, 6) is 1.03. The Labute approximate surface area is 159 Å². The smallest absolute Gasteiger partial charge is 0.318 e. The molecule has 0 bridgehead atoms. The number of aromatic amines is 1. The molecule has 9 heteroatoms. The molecule has 0 spiro atoms. The summed E-state index contributed by atoms with van der Waals surface area (Å²) in [5.41, 5.74) is 0.437. The van der Waals surface area contributed by atoms with E-state index >= 15 is 0 Å². The van der Waals surface area contributed by atoms with Gasteiger partial charge in [-0.3, -0.25) is 4.79 Å². The van der Waals surface area contributed by atoms with E-state index in [0.29, 0.717) is 40.6 Å². The predicted octanol–water partition coefficient (Wildman–Crippen LogP) is 2.66. The maximum Gasteiger partial charge on any atom is 0.318 e. The second-order valence-corrected chi connectivity index (χ2v) is 6.85. The number of nitrogens with one attached hydrogen (secondary N) is 2. The van der Waals surface area contributed by atoms with Gasteiger partial charge in [0.1, 0.15) is 5.82 Å². The van der Waals surface area contributed by atoms with E-state index in [0.717, 1.165) is 12.8 Å². The molecular weight excluding hydrogens is 365 g/mol. The molecule has 2 amide bonds. The summed E-state index contributed by atoms with van der Waals surface area (Å²) in [6.45, 7) is 2.58. The fraction of sp³-hybridized carbons (Fsp3) is 0.368. The van der Waals surface area contributed by atoms with Crippen LogP contribution in [-0.2, 0) is 13.1 Å². The molecule has 1 aliphatic rings. The van der Waals surface area contributed by atoms with E-state index in [-0.39, 0.29) is 24.7 Å². The van der Waals surface area contributed by atoms with Crippen LogP contribution in [0.1, 0.15) is 43.0 Å². The van der Waals surface area contributed by atoms with E-state index in [1.165, 1.54) is 17.0 Å². The fourth-order valence-corrected chi connectivity index (χ4v) is 2.96. The Bertz CT molecular complexity index is 1070. The molecule has 0 saturated heterocycles. The summed E-state index contributed by atoms with van der Waals surface area (Å²) in [4.78, 5) is 33.2. The van der Waals surface area contributed by atoms with Crippen molar-refractivity contribution in [1.29, 1.82) is 0 Å². The van der Waals surface area contributed by atoms with Crippen molar-refractivity contribution in [3.8, 4) is 0 Å². The van der Waals surface area contributed by atoms with E-state index in [2.05, 4.69) is 20.4 Å². The quantitative estimate of drug-likeness (QED) is 0.679. The Morgan fingerprint density at radius 1 is 1.39 bits per heavy atom. The number of benzene rings is 1. The van der Waals surface area contributed by atoms with Crippen LogP contribution < -0.4 is 10.9 Å². The van der Waals surface area contributed by atoms with Gasteiger partial charge < -0.3 is 19.7 Å². The van der Waals surface area contributed by atoms with Crippen LogP contribution in [-0.4, -0.2) is 32.6 Å². The lowest BCUT2D eigenvalue weighted by Crippen LogP contribution is -2.40. The lowest BCUT2D eigenvalue weighted by Gasteiger charge is -2.19. The fourth-order valence-electron chi connectivity index (χ4n) is 2.96. The number of rotatable bonds is 6. The molecule has 0 radical (unpaired) electrons. The molecular formula is C19H20FN5O3. The van der Waals surface area contributed by atoms with E-state index in [1.54, 1.807) is 12.1 Å². The molecule has 0 unspecified atom stereocenters. The number of amides is 2. The topological polar surface area (TPSA) is 104 Å². The van der Waals surface area contributed by atoms with Crippen molar-refractivity contribution in [1.82, 2.24) is 25.3 Å². The Morgan fingerprint density at radius 3 is 2.96 bits per heavy atom. The molecule has 1 fully saturated rings. The first kappa shape index (κ1) is 18.1. The van der Waals surface area contributed by atoms with Crippen LogP contribution in [0.25, 0.3) is 10.9 Å². The molecule has 28 heavy (non-hydrogen) atoms. The zero-order valence-electron chi connectivity index (χ0n) is 15.4. The maximum absolute atomic E-state index is 13.3. The van der Waals surface area contributed by atoms with E-state index in [9.17, 15) is 14.0 Å². The molecule has 3 aromatic rings. The minimum Gasteiger partial charge on any atom is -0.339 e. The van der Waals surface area contributed by atoms with Gasteiger partial charge in [0.05, 0.1) is 12.1 Å². The Hall–Kier alpha value is -3.23. The molecule has 2 N–H and O–H groups in total. The summed E-state index contributed by atoms with van der Waals surface area (Å²) in [6.07, 6.45) is 2.12. The number of hydrogen-bond donors (Lipinski definition) is 2. The second kappa shape index (κ2) is 7.41. The molecule has 4 rings (SSSR count). The van der Waals surface area contributed by atoms with Gasteiger partial charge in [-0.2, -0.15) is 4.98 Å². The van der Waals surface area contributed by atoms with Gasteiger partial charge in [0.25, 0.3) is 5.56 Å². The Kier molecular flexibility index (Phi) is 4.81. The summed E-state index contributed by atoms with van der Waals surface area (Å²) < 4.78 is 18.5. The number of carbonyl (C=O) groups is 1. The van der Waals surface area contributed by atoms with Crippen molar-refractivity contribution in [2.45, 2.75) is 38.8 Å². The van der Waals surface area contributed by atoms with Crippen molar-refractivity contribution in [2.75, 3.05) is 6.54 Å². The van der Waals surface area contributed by atoms with Crippen molar-refractivity contribution < 1.29 is 13.7 Å². The number of fused-ring (bicyclic) bond motifs is 1. The number of aromatic nitrogens is 3. The molecule has 146 valence electrons. The standard InChI is InChI=1S/C19H20FN5O3/c1-2-25(10-16-23-18(28-24-16)11-3-4-11)19(27)21-9-13-7-12-5-6-14(20)8-15(12)22-17(13)26/h5-8,11H,2-4,9-10H2,1H3,(H,21,27)(H,22,26). The first-order chi connectivity index (χ1) is 13.5. The van der Waals surface area contributed by atoms with Gasteiger partial charge in [-0.05, 0) is 49.4 Å². The number of pyridine rings is 1. The SMILES string of the molecule is CCN(Cc1noc(C2CC2)n1)C(=O)NCc1cc2ccc(F)cc2[nH]c1=O. The zero-order valence-corrected chi connectivity index (χ0v) is 15.4. The number of hydrogen-bond acceptors (Lipinski definition) is 5. The van der Waals surface area contributed by atoms with Gasteiger partial charge >= 0.3 is 6.03 Å². The summed E-state index contributed by atoms with van der Waals surface area (Å²) in [7, 11) is 0. The van der Waals surface area contributed by atoms with Crippen molar-refractivity contribution >= 4 is 16.9 Å². The van der Waals surface area contributed by atoms with E-state index in [4.69, 9.17) is 4.52 Å². The van der Waals surface area contributed by atoms with Crippen molar-refractivity contribution in [3.63, 3.8) is 0 Å². The number of urea groups is 1. The number of halogens is 1. The molecule has 0 atom stereocenters. The first-order valence-electron chi connectivity index (χ1n) is 9.20. The van der Waals surface area contributed by atoms with Gasteiger partial charge in [0, 0.05) is 24.6 Å². The summed E-state index contributed by atoms with van der Waals surface area (Å²) in [6, 6.07) is 5.48. The van der Waals surface area contributed by atoms with Crippen LogP contribution in [0.2, 0.25) is 0 Å². The lowest BCUT2D eigenvalue weighted by molar-refractivity contribution is 0.195. The average Bonchev–Trinajstić information content (AvgIpc) is 3.43. The molecule has 1 aromatic carbocycles. The van der Waals surface area contributed by atoms with E-state index in [1.807, 2.05) is 6.92 Å². The van der Waals surface area contributed by atoms with Gasteiger partial charge in [-0.1, -0.05) is 5.16 Å². The highest BCUT2D eigenvalue weighted by molar-refractivity contribution is 5.79. The van der Waals surface area contributed by atoms with E-state index < -0.39 is 5.82 Å². The third-order valence-electron chi connectivity index (χ3n) is 4.73. The monoisotopic (exact) mass is 385 g/mol. The van der Waals surface area contributed by atoms with Crippen LogP contribution in [0, 0.1) is 5.82 Å². The van der Waals surface area contributed by atoms with Crippen LogP contribution in [0.15, 0.2) is 33.6 Å². The Morgan fingerprint density at radius 2 is 2.21 bits per heavy atom. The van der Waals surface area contributed by atoms with Crippen LogP contribution in [0.3, 0.4) is 0 Å². The normalized spacial score (nSPS) is 13.6. The van der Waals surface area contributed by atoms with Crippen molar-refractivity contribution in [3.05, 3.63) is 57.7 Å². The third kappa shape index (κ3) is 3.88. The lowest BCUT2D eigenvalue weighted by atomic mass is 10.1. The molecule has 2 aromatic heterocycles. The van der Waals surface area contributed by atoms with Crippen molar-refractivity contribution in [2.24, 2.45) is 0 Å². The van der Waals surface area contributed by atoms with Crippen LogP contribution >= 0.6 is 0 Å². The second-order valence-electron chi connectivity index (χ2n) is 6.85. The number of H-pyrrole nitrogens is 1. The molecule has 1 aliphatic carbocycles. The minimum absolute atomic E-state index is 0.0531. The molecule has 2 heterocycles. The minimum atomic E-state index is -0.422. The highest BCUT2D eigenvalue weighted by atomic mass is 19.1. The van der Waals surface area contributed by atoms with Gasteiger partial charge in [0.15, 0.2) is 5.82 Å². The molecule has 1 saturated carbocycles. The van der Waals surface area contributed by atoms with Crippen LogP contribution in [0.4, 0.5) is 9.18 Å². The van der Waals surface area contributed by atoms with Gasteiger partial charge in [-0.25, -0.2) is 9.18 Å². The number of carbonyl (C=O) groups excluding carboxylic acids is 1. The highest BCUT2D eigenvalue weighted by Gasteiger charge is 2.30. The molecule has 8 nitrogen and oxygen atoms in total. The first-order valence-corrected chi connectivity index (χ1v) is 9.20. The average molecular weight is 385 g/mol. The predicted molar refractivity (Wildman–Crippen MR) is 99.1 cm³/mol. The summed E-state index contributed by atoms with van der Waals surface area (Å²) in [5, 5.41) is 7.36. The van der Waals surface area contributed by atoms with Gasteiger partial charge in [-0.15, -0.1) is 0 Å². The zero-order chi connectivity index (χ0) is 19.7. The molecule has 0 aliphatic heterocycles. The van der Waals surface area contributed by atoms with Crippen LogP contribution in [0.5, 0.6) is 0 Å². The number of nitrogens with zero attached hydrogens (tertiary/aromatic N) is 3. The maximum atomic E-state index is 13.3. The Balaban J connectivity index is 1.41. The van der Waals surface area contributed by atoms with Gasteiger partial charge in [0.2, 0.25) is 5.89 Å². The summed E-state index contributed by atoms with van der Waals surface area (Å²) >= 11 is 0.